The van der Waals surface area contributed by atoms with Crippen molar-refractivity contribution >= 4 is 17.2 Å². The van der Waals surface area contributed by atoms with E-state index >= 15 is 0 Å². The number of aromatic nitrogens is 3. The van der Waals surface area contributed by atoms with E-state index in [0.29, 0.717) is 34.2 Å². The number of nitrogens with one attached hydrogen (secondary N) is 1. The third-order valence-corrected chi connectivity index (χ3v) is 5.28. The molecule has 35 heavy (non-hydrogen) atoms. The van der Waals surface area contributed by atoms with Gasteiger partial charge in [0.1, 0.15) is 17.0 Å². The zero-order valence-corrected chi connectivity index (χ0v) is 19.3. The van der Waals surface area contributed by atoms with E-state index < -0.39 is 18.0 Å². The first-order valence-corrected chi connectivity index (χ1v) is 10.3. The number of carbonyl (C=O) groups excluding carboxylic acids is 1. The fraction of sp³-hybridized carbons (Fsp3) is 0.208. The Morgan fingerprint density at radius 2 is 1.60 bits per heavy atom. The van der Waals surface area contributed by atoms with E-state index in [9.17, 15) is 13.6 Å². The summed E-state index contributed by atoms with van der Waals surface area (Å²) in [5, 5.41) is 6.69. The lowest BCUT2D eigenvalue weighted by molar-refractivity contribution is 0.102. The second kappa shape index (κ2) is 9.84. The average molecular weight is 484 g/mol. The first-order chi connectivity index (χ1) is 16.9. The van der Waals surface area contributed by atoms with Crippen LogP contribution in [0.5, 0.6) is 23.0 Å². The third kappa shape index (κ3) is 4.52. The highest BCUT2D eigenvalue weighted by Gasteiger charge is 2.22. The standard InChI is InChI=1S/C24H22F2N4O5/c1-32-15-7-5-13(6-8-15)17-11-18(22(25)26)30-23(29-17)16(12-27-30)24(31)28-14-9-19(33-2)21(35-4)20(10-14)34-3/h5-12,22H,1-4H3,(H,28,31). The van der Waals surface area contributed by atoms with E-state index in [1.54, 1.807) is 36.4 Å². The van der Waals surface area contributed by atoms with Gasteiger partial charge in [-0.05, 0) is 30.3 Å². The molecule has 1 N–H and O–H groups in total. The Labute approximate surface area is 199 Å². The average Bonchev–Trinajstić information content (AvgIpc) is 3.31. The topological polar surface area (TPSA) is 96.2 Å². The summed E-state index contributed by atoms with van der Waals surface area (Å²) in [6.07, 6.45) is -1.65. The van der Waals surface area contributed by atoms with Gasteiger partial charge in [-0.3, -0.25) is 4.79 Å². The van der Waals surface area contributed by atoms with E-state index in [1.165, 1.54) is 40.7 Å². The molecule has 0 atom stereocenters. The smallest absolute Gasteiger partial charge is 0.280 e. The van der Waals surface area contributed by atoms with Crippen LogP contribution in [-0.2, 0) is 0 Å². The summed E-state index contributed by atoms with van der Waals surface area (Å²) in [5.74, 6) is 1.03. The van der Waals surface area contributed by atoms with Crippen LogP contribution >= 0.6 is 0 Å². The fourth-order valence-electron chi connectivity index (χ4n) is 3.56. The number of carbonyl (C=O) groups is 1. The number of fused-ring (bicyclic) bond motifs is 1. The normalized spacial score (nSPS) is 10.9. The van der Waals surface area contributed by atoms with Gasteiger partial charge in [-0.1, -0.05) is 0 Å². The Kier molecular flexibility index (Phi) is 6.67. The molecule has 4 aromatic rings. The molecule has 0 saturated carbocycles. The van der Waals surface area contributed by atoms with Gasteiger partial charge in [0.15, 0.2) is 17.1 Å². The number of benzene rings is 2. The van der Waals surface area contributed by atoms with E-state index in [4.69, 9.17) is 18.9 Å². The van der Waals surface area contributed by atoms with Crippen molar-refractivity contribution in [2.45, 2.75) is 6.43 Å². The van der Waals surface area contributed by atoms with Crippen LogP contribution in [0.25, 0.3) is 16.9 Å². The lowest BCUT2D eigenvalue weighted by atomic mass is 10.1. The molecule has 2 heterocycles. The van der Waals surface area contributed by atoms with Crippen molar-refractivity contribution in [1.82, 2.24) is 14.6 Å². The minimum atomic E-state index is -2.84. The van der Waals surface area contributed by atoms with Crippen LogP contribution in [0.3, 0.4) is 0 Å². The molecule has 9 nitrogen and oxygen atoms in total. The molecule has 2 aromatic heterocycles. The summed E-state index contributed by atoms with van der Waals surface area (Å²) in [6, 6.07) is 11.1. The molecule has 0 radical (unpaired) electrons. The van der Waals surface area contributed by atoms with E-state index in [2.05, 4.69) is 15.4 Å². The van der Waals surface area contributed by atoms with Crippen molar-refractivity contribution in [3.63, 3.8) is 0 Å². The number of hydrogen-bond acceptors (Lipinski definition) is 7. The third-order valence-electron chi connectivity index (χ3n) is 5.28. The molecule has 0 unspecified atom stereocenters. The van der Waals surface area contributed by atoms with Crippen molar-refractivity contribution in [2.24, 2.45) is 0 Å². The van der Waals surface area contributed by atoms with Crippen LogP contribution in [0.2, 0.25) is 0 Å². The Balaban J connectivity index is 1.76. The lowest BCUT2D eigenvalue weighted by Crippen LogP contribution is -2.13. The largest absolute Gasteiger partial charge is 0.497 e. The highest BCUT2D eigenvalue weighted by Crippen LogP contribution is 2.40. The van der Waals surface area contributed by atoms with Crippen LogP contribution in [0.1, 0.15) is 22.5 Å². The van der Waals surface area contributed by atoms with Gasteiger partial charge in [-0.15, -0.1) is 0 Å². The molecular formula is C24H22F2N4O5. The van der Waals surface area contributed by atoms with Gasteiger partial charge in [0.2, 0.25) is 5.75 Å². The predicted octanol–water partition coefficient (Wildman–Crippen LogP) is 4.62. The highest BCUT2D eigenvalue weighted by atomic mass is 19.3. The minimum Gasteiger partial charge on any atom is -0.497 e. The molecule has 2 aromatic carbocycles. The molecule has 182 valence electrons. The van der Waals surface area contributed by atoms with E-state index in [1.807, 2.05) is 0 Å². The molecule has 0 spiro atoms. The Morgan fingerprint density at radius 1 is 0.943 bits per heavy atom. The quantitative estimate of drug-likeness (QED) is 0.390. The van der Waals surface area contributed by atoms with Crippen LogP contribution < -0.4 is 24.3 Å². The van der Waals surface area contributed by atoms with Crippen LogP contribution in [-0.4, -0.2) is 48.9 Å². The summed E-state index contributed by atoms with van der Waals surface area (Å²) in [6.45, 7) is 0. The van der Waals surface area contributed by atoms with Crippen molar-refractivity contribution in [3.05, 3.63) is 59.9 Å². The number of anilines is 1. The molecular weight excluding hydrogens is 462 g/mol. The molecule has 1 amide bonds. The number of nitrogens with zero attached hydrogens (tertiary/aromatic N) is 3. The maximum absolute atomic E-state index is 13.9. The summed E-state index contributed by atoms with van der Waals surface area (Å²) in [4.78, 5) is 17.6. The Bertz CT molecular complexity index is 1350. The summed E-state index contributed by atoms with van der Waals surface area (Å²) in [7, 11) is 5.89. The van der Waals surface area contributed by atoms with Crippen molar-refractivity contribution in [3.8, 4) is 34.3 Å². The number of rotatable bonds is 8. The SMILES string of the molecule is COc1ccc(-c2cc(C(F)F)n3ncc(C(=O)Nc4cc(OC)c(OC)c(OC)c4)c3n2)cc1. The Morgan fingerprint density at radius 3 is 2.14 bits per heavy atom. The Hall–Kier alpha value is -4.41. The van der Waals surface area contributed by atoms with Gasteiger partial charge in [-0.2, -0.15) is 5.10 Å². The van der Waals surface area contributed by atoms with E-state index in [-0.39, 0.29) is 16.9 Å². The number of ether oxygens (including phenoxy) is 4. The van der Waals surface area contributed by atoms with Crippen molar-refractivity contribution in [1.29, 1.82) is 0 Å². The van der Waals surface area contributed by atoms with Crippen LogP contribution in [0.4, 0.5) is 14.5 Å². The summed E-state index contributed by atoms with van der Waals surface area (Å²) >= 11 is 0. The highest BCUT2D eigenvalue weighted by molar-refractivity contribution is 6.08. The van der Waals surface area contributed by atoms with Gasteiger partial charge in [0.25, 0.3) is 12.3 Å². The molecule has 0 aliphatic heterocycles. The number of alkyl halides is 2. The van der Waals surface area contributed by atoms with Crippen molar-refractivity contribution in [2.75, 3.05) is 33.8 Å². The maximum Gasteiger partial charge on any atom is 0.280 e. The first kappa shape index (κ1) is 23.7. The number of amides is 1. The molecule has 0 bridgehead atoms. The maximum atomic E-state index is 13.9. The van der Waals surface area contributed by atoms with Gasteiger partial charge in [0, 0.05) is 23.4 Å². The minimum absolute atomic E-state index is 0.0102. The van der Waals surface area contributed by atoms with Gasteiger partial charge >= 0.3 is 0 Å². The van der Waals surface area contributed by atoms with Gasteiger partial charge in [-0.25, -0.2) is 18.3 Å². The zero-order valence-electron chi connectivity index (χ0n) is 19.3. The zero-order chi connectivity index (χ0) is 25.1. The summed E-state index contributed by atoms with van der Waals surface area (Å²) < 4.78 is 49.7. The molecule has 0 saturated heterocycles. The summed E-state index contributed by atoms with van der Waals surface area (Å²) in [5.41, 5.74) is 0.775. The van der Waals surface area contributed by atoms with E-state index in [0.717, 1.165) is 4.52 Å². The predicted molar refractivity (Wildman–Crippen MR) is 124 cm³/mol. The molecule has 0 aliphatic carbocycles. The molecule has 4 rings (SSSR count). The van der Waals surface area contributed by atoms with Gasteiger partial charge < -0.3 is 24.3 Å². The number of halogens is 2. The number of methoxy groups -OCH3 is 4. The molecule has 11 heteroatoms. The lowest BCUT2D eigenvalue weighted by Gasteiger charge is -2.14. The van der Waals surface area contributed by atoms with Crippen LogP contribution in [0, 0.1) is 0 Å². The van der Waals surface area contributed by atoms with Crippen molar-refractivity contribution < 1.29 is 32.5 Å². The monoisotopic (exact) mass is 484 g/mol. The number of hydrogen-bond donors (Lipinski definition) is 1. The second-order valence-electron chi connectivity index (χ2n) is 7.26. The van der Waals surface area contributed by atoms with Gasteiger partial charge in [0.05, 0.1) is 40.3 Å². The first-order valence-electron chi connectivity index (χ1n) is 10.3. The fourth-order valence-corrected chi connectivity index (χ4v) is 3.56. The molecule has 0 aliphatic rings. The van der Waals surface area contributed by atoms with Crippen LogP contribution in [0.15, 0.2) is 48.7 Å². The molecule has 0 fully saturated rings. The second-order valence-corrected chi connectivity index (χ2v) is 7.26.